The van der Waals surface area contributed by atoms with Crippen LogP contribution in [-0.4, -0.2) is 50.8 Å². The molecule has 116 valence electrons. The van der Waals surface area contributed by atoms with E-state index in [0.29, 0.717) is 19.1 Å². The van der Waals surface area contributed by atoms with Gasteiger partial charge in [0, 0.05) is 19.1 Å². The van der Waals surface area contributed by atoms with Gasteiger partial charge in [0.1, 0.15) is 0 Å². The van der Waals surface area contributed by atoms with Crippen molar-refractivity contribution in [2.24, 2.45) is 17.5 Å². The molecule has 2 heterocycles. The van der Waals surface area contributed by atoms with Crippen LogP contribution < -0.4 is 17.0 Å². The molecule has 1 aromatic rings. The summed E-state index contributed by atoms with van der Waals surface area (Å²) < 4.78 is 1.59. The summed E-state index contributed by atoms with van der Waals surface area (Å²) in [6.45, 7) is 4.10. The van der Waals surface area contributed by atoms with Gasteiger partial charge in [0.2, 0.25) is 5.91 Å². The lowest BCUT2D eigenvalue weighted by atomic mass is 9.93. The molecule has 0 spiro atoms. The van der Waals surface area contributed by atoms with Gasteiger partial charge in [0.25, 0.3) is 5.91 Å². The van der Waals surface area contributed by atoms with E-state index in [1.807, 2.05) is 5.43 Å². The molecule has 0 aliphatic carbocycles. The first-order chi connectivity index (χ1) is 10.0. The molecule has 0 saturated carbocycles. The van der Waals surface area contributed by atoms with Crippen molar-refractivity contribution in [1.29, 1.82) is 0 Å². The number of hydrogen-bond acceptors (Lipinski definition) is 6. The van der Waals surface area contributed by atoms with Crippen LogP contribution in [0.25, 0.3) is 0 Å². The van der Waals surface area contributed by atoms with Crippen molar-refractivity contribution in [1.82, 2.24) is 25.3 Å². The average Bonchev–Trinajstić information content (AvgIpc) is 2.94. The standard InChI is InChI=1S/C12H21N7O2/c1-8-2-3-9(11(13)20)6-18(8)4-5-19-7-10(16-17-19)12(21)15-14/h7-9H,2-6,14H2,1H3,(H2,13,20)(H,15,21). The predicted octanol–water partition coefficient (Wildman–Crippen LogP) is -1.53. The fraction of sp³-hybridized carbons (Fsp3) is 0.667. The number of nitrogens with zero attached hydrogens (tertiary/aromatic N) is 4. The van der Waals surface area contributed by atoms with Crippen molar-refractivity contribution in [3.05, 3.63) is 11.9 Å². The first-order valence-corrected chi connectivity index (χ1v) is 6.95. The lowest BCUT2D eigenvalue weighted by molar-refractivity contribution is -0.124. The monoisotopic (exact) mass is 295 g/mol. The Labute approximate surface area is 122 Å². The summed E-state index contributed by atoms with van der Waals surface area (Å²) >= 11 is 0. The zero-order valence-corrected chi connectivity index (χ0v) is 12.0. The Hall–Kier alpha value is -2.00. The highest BCUT2D eigenvalue weighted by molar-refractivity contribution is 5.91. The smallest absolute Gasteiger partial charge is 0.287 e. The summed E-state index contributed by atoms with van der Waals surface area (Å²) in [6, 6.07) is 0.399. The number of rotatable bonds is 5. The van der Waals surface area contributed by atoms with E-state index in [1.54, 1.807) is 10.9 Å². The molecule has 1 aromatic heterocycles. The van der Waals surface area contributed by atoms with Gasteiger partial charge in [-0.3, -0.25) is 24.6 Å². The highest BCUT2D eigenvalue weighted by Gasteiger charge is 2.28. The van der Waals surface area contributed by atoms with Crippen molar-refractivity contribution in [2.45, 2.75) is 32.4 Å². The molecule has 5 N–H and O–H groups in total. The lowest BCUT2D eigenvalue weighted by Crippen LogP contribution is -2.46. The minimum atomic E-state index is -0.471. The Bertz CT molecular complexity index is 515. The van der Waals surface area contributed by atoms with Gasteiger partial charge in [-0.25, -0.2) is 5.84 Å². The largest absolute Gasteiger partial charge is 0.369 e. The molecule has 1 saturated heterocycles. The first-order valence-electron chi connectivity index (χ1n) is 6.95. The Kier molecular flexibility index (Phi) is 4.86. The second kappa shape index (κ2) is 6.64. The Balaban J connectivity index is 1.90. The summed E-state index contributed by atoms with van der Waals surface area (Å²) in [5.74, 6) is 4.24. The molecule has 9 nitrogen and oxygen atoms in total. The number of primary amides is 1. The number of carbonyl (C=O) groups excluding carboxylic acids is 2. The minimum Gasteiger partial charge on any atom is -0.369 e. The molecular formula is C12H21N7O2. The Morgan fingerprint density at radius 1 is 1.43 bits per heavy atom. The van der Waals surface area contributed by atoms with Crippen LogP contribution in [0.5, 0.6) is 0 Å². The number of nitrogens with two attached hydrogens (primary N) is 2. The molecule has 21 heavy (non-hydrogen) atoms. The summed E-state index contributed by atoms with van der Waals surface area (Å²) in [5.41, 5.74) is 7.57. The van der Waals surface area contributed by atoms with Gasteiger partial charge in [0.05, 0.1) is 18.7 Å². The van der Waals surface area contributed by atoms with Crippen LogP contribution in [-0.2, 0) is 11.3 Å². The van der Waals surface area contributed by atoms with Gasteiger partial charge in [0.15, 0.2) is 5.69 Å². The highest BCUT2D eigenvalue weighted by Crippen LogP contribution is 2.21. The summed E-state index contributed by atoms with van der Waals surface area (Å²) in [5, 5.41) is 7.62. The maximum absolute atomic E-state index is 11.3. The van der Waals surface area contributed by atoms with E-state index < -0.39 is 5.91 Å². The third-order valence-electron chi connectivity index (χ3n) is 3.93. The number of piperidine rings is 1. The van der Waals surface area contributed by atoms with Gasteiger partial charge in [-0.2, -0.15) is 0 Å². The highest BCUT2D eigenvalue weighted by atomic mass is 16.2. The summed E-state index contributed by atoms with van der Waals surface area (Å²) in [4.78, 5) is 24.8. The number of carbonyl (C=O) groups is 2. The zero-order chi connectivity index (χ0) is 15.4. The minimum absolute atomic E-state index is 0.0875. The fourth-order valence-electron chi connectivity index (χ4n) is 2.54. The molecular weight excluding hydrogens is 274 g/mol. The topological polar surface area (TPSA) is 132 Å². The molecule has 1 fully saturated rings. The molecule has 1 aliphatic rings. The van der Waals surface area contributed by atoms with Gasteiger partial charge in [-0.15, -0.1) is 5.10 Å². The van der Waals surface area contributed by atoms with Gasteiger partial charge >= 0.3 is 0 Å². The predicted molar refractivity (Wildman–Crippen MR) is 74.6 cm³/mol. The first kappa shape index (κ1) is 15.4. The molecule has 2 atom stereocenters. The summed E-state index contributed by atoms with van der Waals surface area (Å²) in [6.07, 6.45) is 3.34. The average molecular weight is 295 g/mol. The maximum atomic E-state index is 11.3. The van der Waals surface area contributed by atoms with Crippen LogP contribution in [0.15, 0.2) is 6.20 Å². The van der Waals surface area contributed by atoms with Crippen LogP contribution in [0.2, 0.25) is 0 Å². The van der Waals surface area contributed by atoms with Crippen LogP contribution in [0, 0.1) is 5.92 Å². The molecule has 2 unspecified atom stereocenters. The van der Waals surface area contributed by atoms with E-state index in [0.717, 1.165) is 19.4 Å². The van der Waals surface area contributed by atoms with Crippen LogP contribution in [0.4, 0.5) is 0 Å². The Morgan fingerprint density at radius 2 is 2.19 bits per heavy atom. The number of likely N-dealkylation sites (tertiary alicyclic amines) is 1. The van der Waals surface area contributed by atoms with Crippen LogP contribution >= 0.6 is 0 Å². The van der Waals surface area contributed by atoms with Crippen LogP contribution in [0.3, 0.4) is 0 Å². The molecule has 9 heteroatoms. The number of amides is 2. The number of hydrazine groups is 1. The quantitative estimate of drug-likeness (QED) is 0.343. The summed E-state index contributed by atoms with van der Waals surface area (Å²) in [7, 11) is 0. The second-order valence-electron chi connectivity index (χ2n) is 5.36. The van der Waals surface area contributed by atoms with Crippen LogP contribution in [0.1, 0.15) is 30.3 Å². The molecule has 1 aliphatic heterocycles. The second-order valence-corrected chi connectivity index (χ2v) is 5.36. The van der Waals surface area contributed by atoms with E-state index in [-0.39, 0.29) is 17.5 Å². The lowest BCUT2D eigenvalue weighted by Gasteiger charge is -2.36. The van der Waals surface area contributed by atoms with E-state index >= 15 is 0 Å². The number of nitrogen functional groups attached to an aromatic ring is 1. The molecule has 0 radical (unpaired) electrons. The van der Waals surface area contributed by atoms with Crippen molar-refractivity contribution in [2.75, 3.05) is 13.1 Å². The molecule has 0 aromatic carbocycles. The number of nitrogens with one attached hydrogen (secondary N) is 1. The van der Waals surface area contributed by atoms with Gasteiger partial charge < -0.3 is 5.73 Å². The van der Waals surface area contributed by atoms with Gasteiger partial charge in [-0.05, 0) is 19.8 Å². The third kappa shape index (κ3) is 3.76. The number of hydrogen-bond donors (Lipinski definition) is 3. The van der Waals surface area contributed by atoms with Crippen molar-refractivity contribution in [3.8, 4) is 0 Å². The third-order valence-corrected chi connectivity index (χ3v) is 3.93. The van der Waals surface area contributed by atoms with Crippen molar-refractivity contribution < 1.29 is 9.59 Å². The molecule has 2 amide bonds. The Morgan fingerprint density at radius 3 is 2.86 bits per heavy atom. The van der Waals surface area contributed by atoms with E-state index in [2.05, 4.69) is 22.1 Å². The molecule has 2 rings (SSSR count). The normalized spacial score (nSPS) is 23.0. The van der Waals surface area contributed by atoms with Gasteiger partial charge in [-0.1, -0.05) is 5.21 Å². The fourth-order valence-corrected chi connectivity index (χ4v) is 2.54. The van der Waals surface area contributed by atoms with E-state index in [1.165, 1.54) is 0 Å². The zero-order valence-electron chi connectivity index (χ0n) is 12.0. The van der Waals surface area contributed by atoms with Crippen molar-refractivity contribution >= 4 is 11.8 Å². The van der Waals surface area contributed by atoms with E-state index in [4.69, 9.17) is 11.6 Å². The van der Waals surface area contributed by atoms with E-state index in [9.17, 15) is 9.59 Å². The number of aromatic nitrogens is 3. The van der Waals surface area contributed by atoms with Crippen molar-refractivity contribution in [3.63, 3.8) is 0 Å². The molecule has 0 bridgehead atoms. The SMILES string of the molecule is CC1CCC(C(N)=O)CN1CCn1cc(C(=O)NN)nn1. The maximum Gasteiger partial charge on any atom is 0.287 e.